The topological polar surface area (TPSA) is 29.7 Å². The number of hydrogen-bond donors (Lipinski definition) is 0. The van der Waals surface area contributed by atoms with Gasteiger partial charge in [0.25, 0.3) is 0 Å². The van der Waals surface area contributed by atoms with Crippen LogP contribution in [0.3, 0.4) is 0 Å². The maximum Gasteiger partial charge on any atom is 0.231 e. The van der Waals surface area contributed by atoms with Crippen LogP contribution in [0.5, 0.6) is 0 Å². The van der Waals surface area contributed by atoms with Gasteiger partial charge in [0.2, 0.25) is 11.4 Å². The van der Waals surface area contributed by atoms with Crippen LogP contribution in [-0.4, -0.2) is 9.97 Å². The first kappa shape index (κ1) is 13.1. The molecule has 3 heteroatoms. The fraction of sp³-hybridized carbons (Fsp3) is 0.211. The molecule has 0 unspecified atom stereocenters. The van der Waals surface area contributed by atoms with Crippen LogP contribution < -0.4 is 4.57 Å². The van der Waals surface area contributed by atoms with Gasteiger partial charge in [-0.15, -0.1) is 0 Å². The SMILES string of the molecule is Cc1ccc2c(n1)Cc1c-2ncc(-c2ccccc2C)[n+]1C. The molecule has 1 aliphatic rings. The molecule has 0 N–H and O–H groups in total. The summed E-state index contributed by atoms with van der Waals surface area (Å²) < 4.78 is 2.27. The monoisotopic (exact) mass is 288 g/mol. The maximum absolute atomic E-state index is 4.75. The first-order valence-electron chi connectivity index (χ1n) is 7.56. The Morgan fingerprint density at radius 3 is 2.64 bits per heavy atom. The lowest BCUT2D eigenvalue weighted by atomic mass is 10.1. The molecule has 0 atom stereocenters. The molecule has 0 radical (unpaired) electrons. The van der Waals surface area contributed by atoms with Gasteiger partial charge in [-0.05, 0) is 37.6 Å². The number of nitrogens with zero attached hydrogens (tertiary/aromatic N) is 3. The third kappa shape index (κ3) is 1.86. The molecular formula is C19H18N3+. The number of aryl methyl sites for hydroxylation is 2. The van der Waals surface area contributed by atoms with E-state index in [1.165, 1.54) is 22.4 Å². The smallest absolute Gasteiger partial charge is 0.231 e. The summed E-state index contributed by atoms with van der Waals surface area (Å²) in [6.45, 7) is 4.18. The van der Waals surface area contributed by atoms with Gasteiger partial charge in [-0.2, -0.15) is 4.57 Å². The Bertz CT molecular complexity index is 897. The zero-order chi connectivity index (χ0) is 15.3. The van der Waals surface area contributed by atoms with Crippen molar-refractivity contribution < 1.29 is 4.57 Å². The molecule has 4 rings (SSSR count). The molecular weight excluding hydrogens is 270 g/mol. The number of rotatable bonds is 1. The van der Waals surface area contributed by atoms with E-state index in [4.69, 9.17) is 4.98 Å². The van der Waals surface area contributed by atoms with E-state index in [1.807, 2.05) is 13.1 Å². The molecule has 0 bridgehead atoms. The highest BCUT2D eigenvalue weighted by Crippen LogP contribution is 2.33. The van der Waals surface area contributed by atoms with Gasteiger partial charge in [0.15, 0.2) is 0 Å². The second kappa shape index (κ2) is 4.73. The molecule has 0 saturated carbocycles. The van der Waals surface area contributed by atoms with E-state index in [2.05, 4.69) is 59.9 Å². The van der Waals surface area contributed by atoms with Gasteiger partial charge in [-0.1, -0.05) is 18.2 Å². The molecule has 0 saturated heterocycles. The van der Waals surface area contributed by atoms with Crippen molar-refractivity contribution in [1.29, 1.82) is 0 Å². The Labute approximate surface area is 130 Å². The Balaban J connectivity index is 1.91. The van der Waals surface area contributed by atoms with Crippen LogP contribution in [-0.2, 0) is 13.5 Å². The Hall–Kier alpha value is -2.55. The summed E-state index contributed by atoms with van der Waals surface area (Å²) >= 11 is 0. The molecule has 2 heterocycles. The van der Waals surface area contributed by atoms with Crippen LogP contribution in [0.4, 0.5) is 0 Å². The van der Waals surface area contributed by atoms with Crippen LogP contribution in [0.2, 0.25) is 0 Å². The lowest BCUT2D eigenvalue weighted by Crippen LogP contribution is -2.36. The van der Waals surface area contributed by atoms with Crippen LogP contribution in [0.25, 0.3) is 22.5 Å². The van der Waals surface area contributed by atoms with Crippen LogP contribution >= 0.6 is 0 Å². The summed E-state index contributed by atoms with van der Waals surface area (Å²) in [4.78, 5) is 9.42. The van der Waals surface area contributed by atoms with Crippen molar-refractivity contribution >= 4 is 0 Å². The quantitative estimate of drug-likeness (QED) is 0.504. The van der Waals surface area contributed by atoms with E-state index in [9.17, 15) is 0 Å². The molecule has 3 aromatic rings. The molecule has 2 aromatic heterocycles. The fourth-order valence-corrected chi connectivity index (χ4v) is 3.25. The van der Waals surface area contributed by atoms with Gasteiger partial charge in [0.1, 0.15) is 18.9 Å². The number of aromatic nitrogens is 3. The van der Waals surface area contributed by atoms with Crippen molar-refractivity contribution in [2.24, 2.45) is 7.05 Å². The van der Waals surface area contributed by atoms with Crippen molar-refractivity contribution in [3.63, 3.8) is 0 Å². The summed E-state index contributed by atoms with van der Waals surface area (Å²) in [6, 6.07) is 12.7. The lowest BCUT2D eigenvalue weighted by Gasteiger charge is -2.06. The molecule has 1 aromatic carbocycles. The van der Waals surface area contributed by atoms with E-state index < -0.39 is 0 Å². The molecule has 0 aliphatic heterocycles. The predicted molar refractivity (Wildman–Crippen MR) is 86.4 cm³/mol. The fourth-order valence-electron chi connectivity index (χ4n) is 3.25. The van der Waals surface area contributed by atoms with Crippen molar-refractivity contribution in [3.05, 3.63) is 65.2 Å². The molecule has 108 valence electrons. The largest absolute Gasteiger partial charge is 0.257 e. The van der Waals surface area contributed by atoms with Gasteiger partial charge in [0, 0.05) is 11.3 Å². The van der Waals surface area contributed by atoms with Crippen molar-refractivity contribution in [2.45, 2.75) is 20.3 Å². The summed E-state index contributed by atoms with van der Waals surface area (Å²) in [5.74, 6) is 0. The minimum absolute atomic E-state index is 0.857. The zero-order valence-corrected chi connectivity index (χ0v) is 13.1. The molecule has 0 spiro atoms. The lowest BCUT2D eigenvalue weighted by molar-refractivity contribution is -0.667. The summed E-state index contributed by atoms with van der Waals surface area (Å²) in [5.41, 5.74) is 9.35. The van der Waals surface area contributed by atoms with Gasteiger partial charge < -0.3 is 0 Å². The number of pyridine rings is 1. The van der Waals surface area contributed by atoms with Crippen molar-refractivity contribution in [2.75, 3.05) is 0 Å². The Morgan fingerprint density at radius 2 is 1.82 bits per heavy atom. The van der Waals surface area contributed by atoms with Crippen LogP contribution in [0.1, 0.15) is 22.6 Å². The average Bonchev–Trinajstić information content (AvgIpc) is 2.87. The number of hydrogen-bond acceptors (Lipinski definition) is 2. The minimum atomic E-state index is 0.857. The third-order valence-corrected chi connectivity index (χ3v) is 4.48. The standard InChI is InChI=1S/C19H18N3/c1-12-6-4-5-7-14(12)18-11-20-19-15-9-8-13(2)21-16(15)10-17(19)22(18)3/h4-9,11H,10H2,1-3H3/q+1. The van der Waals surface area contributed by atoms with Crippen LogP contribution in [0.15, 0.2) is 42.6 Å². The first-order chi connectivity index (χ1) is 10.6. The highest BCUT2D eigenvalue weighted by atomic mass is 15.0. The normalized spacial score (nSPS) is 12.1. The second-order valence-electron chi connectivity index (χ2n) is 5.94. The molecule has 0 fully saturated rings. The summed E-state index contributed by atoms with van der Waals surface area (Å²) in [6.07, 6.45) is 2.84. The Morgan fingerprint density at radius 1 is 1.00 bits per heavy atom. The zero-order valence-electron chi connectivity index (χ0n) is 13.1. The highest BCUT2D eigenvalue weighted by Gasteiger charge is 2.30. The molecule has 1 aliphatic carbocycles. The molecule has 3 nitrogen and oxygen atoms in total. The molecule has 22 heavy (non-hydrogen) atoms. The second-order valence-corrected chi connectivity index (χ2v) is 5.94. The minimum Gasteiger partial charge on any atom is -0.257 e. The van der Waals surface area contributed by atoms with E-state index in [1.54, 1.807) is 0 Å². The van der Waals surface area contributed by atoms with Crippen molar-refractivity contribution in [1.82, 2.24) is 9.97 Å². The van der Waals surface area contributed by atoms with Gasteiger partial charge >= 0.3 is 0 Å². The van der Waals surface area contributed by atoms with E-state index in [0.717, 1.165) is 29.2 Å². The summed E-state index contributed by atoms with van der Waals surface area (Å²) in [5, 5.41) is 0. The van der Waals surface area contributed by atoms with Gasteiger partial charge in [-0.25, -0.2) is 4.98 Å². The number of fused-ring (bicyclic) bond motifs is 3. The summed E-state index contributed by atoms with van der Waals surface area (Å²) in [7, 11) is 2.13. The van der Waals surface area contributed by atoms with E-state index in [0.29, 0.717) is 0 Å². The first-order valence-corrected chi connectivity index (χ1v) is 7.56. The van der Waals surface area contributed by atoms with Gasteiger partial charge in [-0.3, -0.25) is 4.98 Å². The van der Waals surface area contributed by atoms with E-state index in [-0.39, 0.29) is 0 Å². The van der Waals surface area contributed by atoms with Gasteiger partial charge in [0.05, 0.1) is 17.7 Å². The third-order valence-electron chi connectivity index (χ3n) is 4.48. The van der Waals surface area contributed by atoms with Crippen LogP contribution in [0, 0.1) is 13.8 Å². The molecule has 0 amide bonds. The maximum atomic E-state index is 4.75. The predicted octanol–water partition coefficient (Wildman–Crippen LogP) is 3.16. The average molecular weight is 288 g/mol. The highest BCUT2D eigenvalue weighted by molar-refractivity contribution is 5.70. The van der Waals surface area contributed by atoms with E-state index >= 15 is 0 Å². The Kier molecular flexibility index (Phi) is 2.83. The number of benzene rings is 1. The van der Waals surface area contributed by atoms with Crippen molar-refractivity contribution in [3.8, 4) is 22.5 Å².